The number of likely N-dealkylation sites (tertiary alicyclic amines) is 1. The van der Waals surface area contributed by atoms with Crippen molar-refractivity contribution in [2.24, 2.45) is 5.92 Å². The zero-order chi connectivity index (χ0) is 14.4. The summed E-state index contributed by atoms with van der Waals surface area (Å²) in [5.74, 6) is 1.60. The van der Waals surface area contributed by atoms with E-state index in [9.17, 15) is 4.79 Å². The second-order valence-electron chi connectivity index (χ2n) is 5.57. The van der Waals surface area contributed by atoms with Gasteiger partial charge in [-0.05, 0) is 50.0 Å². The number of methoxy groups -OCH3 is 1. The van der Waals surface area contributed by atoms with E-state index in [1.807, 2.05) is 24.3 Å². The lowest BCUT2D eigenvalue weighted by Gasteiger charge is -2.11. The molecule has 1 fully saturated rings. The van der Waals surface area contributed by atoms with Crippen LogP contribution in [0.25, 0.3) is 0 Å². The number of nitrogens with one attached hydrogen (secondary N) is 1. The third-order valence-corrected chi connectivity index (χ3v) is 3.85. The lowest BCUT2D eigenvalue weighted by atomic mass is 10.1. The van der Waals surface area contributed by atoms with Crippen molar-refractivity contribution >= 4 is 5.91 Å². The summed E-state index contributed by atoms with van der Waals surface area (Å²) in [6.45, 7) is 3.04. The average molecular weight is 276 g/mol. The van der Waals surface area contributed by atoms with E-state index >= 15 is 0 Å². The molecule has 1 atom stereocenters. The Hall–Kier alpha value is -1.55. The molecule has 0 radical (unpaired) electrons. The van der Waals surface area contributed by atoms with Crippen molar-refractivity contribution in [3.63, 3.8) is 0 Å². The Morgan fingerprint density at radius 2 is 2.35 bits per heavy atom. The van der Waals surface area contributed by atoms with E-state index in [0.717, 1.165) is 37.4 Å². The van der Waals surface area contributed by atoms with Crippen molar-refractivity contribution in [1.82, 2.24) is 10.2 Å². The van der Waals surface area contributed by atoms with Crippen molar-refractivity contribution < 1.29 is 9.53 Å². The fraction of sp³-hybridized carbons (Fsp3) is 0.562. The van der Waals surface area contributed by atoms with E-state index in [2.05, 4.69) is 17.3 Å². The number of carbonyl (C=O) groups is 1. The summed E-state index contributed by atoms with van der Waals surface area (Å²) in [4.78, 5) is 14.2. The maximum Gasteiger partial charge on any atom is 0.220 e. The molecule has 1 aromatic rings. The number of carbonyl (C=O) groups excluding carboxylic acids is 1. The molecule has 1 N–H and O–H groups in total. The van der Waals surface area contributed by atoms with Gasteiger partial charge in [0.05, 0.1) is 7.11 Å². The fourth-order valence-electron chi connectivity index (χ4n) is 2.63. The monoisotopic (exact) mass is 276 g/mol. The Balaban J connectivity index is 1.69. The Morgan fingerprint density at radius 1 is 1.50 bits per heavy atom. The molecule has 1 unspecified atom stereocenters. The number of amides is 1. The van der Waals surface area contributed by atoms with E-state index in [0.29, 0.717) is 12.3 Å². The maximum atomic E-state index is 11.9. The van der Waals surface area contributed by atoms with Gasteiger partial charge in [-0.3, -0.25) is 4.79 Å². The molecule has 1 saturated heterocycles. The molecule has 1 amide bonds. The number of rotatable bonds is 6. The van der Waals surface area contributed by atoms with Crippen molar-refractivity contribution in [3.8, 4) is 5.75 Å². The lowest BCUT2D eigenvalue weighted by molar-refractivity contribution is -0.121. The molecule has 4 nitrogen and oxygen atoms in total. The zero-order valence-corrected chi connectivity index (χ0v) is 12.4. The van der Waals surface area contributed by atoms with Gasteiger partial charge < -0.3 is 15.0 Å². The summed E-state index contributed by atoms with van der Waals surface area (Å²) < 4.78 is 5.18. The van der Waals surface area contributed by atoms with Crippen molar-refractivity contribution in [2.75, 3.05) is 33.8 Å². The molecule has 1 heterocycles. The molecule has 0 bridgehead atoms. The number of hydrogen-bond acceptors (Lipinski definition) is 3. The summed E-state index contributed by atoms with van der Waals surface area (Å²) in [5.41, 5.74) is 1.14. The summed E-state index contributed by atoms with van der Waals surface area (Å²) in [5, 5.41) is 3.05. The summed E-state index contributed by atoms with van der Waals surface area (Å²) in [7, 11) is 3.79. The first-order chi connectivity index (χ1) is 9.67. The van der Waals surface area contributed by atoms with Crippen LogP contribution >= 0.6 is 0 Å². The number of hydrogen-bond donors (Lipinski definition) is 1. The minimum atomic E-state index is 0.141. The van der Waals surface area contributed by atoms with E-state index < -0.39 is 0 Å². The first kappa shape index (κ1) is 14.9. The second kappa shape index (κ2) is 7.29. The highest BCUT2D eigenvalue weighted by molar-refractivity contribution is 5.76. The van der Waals surface area contributed by atoms with E-state index in [4.69, 9.17) is 4.74 Å². The molecule has 0 spiro atoms. The van der Waals surface area contributed by atoms with E-state index in [-0.39, 0.29) is 5.91 Å². The highest BCUT2D eigenvalue weighted by atomic mass is 16.5. The Morgan fingerprint density at radius 3 is 3.05 bits per heavy atom. The lowest BCUT2D eigenvalue weighted by Crippen LogP contribution is -2.30. The molecular weight excluding hydrogens is 252 g/mol. The third-order valence-electron chi connectivity index (χ3n) is 3.85. The van der Waals surface area contributed by atoms with Crippen molar-refractivity contribution in [3.05, 3.63) is 29.8 Å². The Labute approximate surface area is 121 Å². The van der Waals surface area contributed by atoms with Crippen LogP contribution in [0.15, 0.2) is 24.3 Å². The Kier molecular flexibility index (Phi) is 5.41. The first-order valence-electron chi connectivity index (χ1n) is 7.25. The van der Waals surface area contributed by atoms with Crippen LogP contribution < -0.4 is 10.1 Å². The molecular formula is C16H24N2O2. The normalized spacial score (nSPS) is 19.0. The third kappa shape index (κ3) is 4.53. The number of nitrogens with zero attached hydrogens (tertiary/aromatic N) is 1. The van der Waals surface area contributed by atoms with Crippen LogP contribution in [-0.4, -0.2) is 44.6 Å². The molecule has 1 aliphatic rings. The van der Waals surface area contributed by atoms with Gasteiger partial charge in [-0.1, -0.05) is 12.1 Å². The van der Waals surface area contributed by atoms with E-state index in [1.165, 1.54) is 6.42 Å². The van der Waals surface area contributed by atoms with Gasteiger partial charge in [-0.25, -0.2) is 0 Å². The highest BCUT2D eigenvalue weighted by Gasteiger charge is 2.19. The zero-order valence-electron chi connectivity index (χ0n) is 12.4. The minimum Gasteiger partial charge on any atom is -0.497 e. The molecule has 0 aromatic heterocycles. The largest absolute Gasteiger partial charge is 0.497 e. The van der Waals surface area contributed by atoms with Crippen LogP contribution in [0.2, 0.25) is 0 Å². The number of aryl methyl sites for hydroxylation is 1. The SMILES string of the molecule is COc1cccc(CCC(=O)NCC2CCN(C)C2)c1. The van der Waals surface area contributed by atoms with Gasteiger partial charge in [-0.15, -0.1) is 0 Å². The van der Waals surface area contributed by atoms with Gasteiger partial charge in [-0.2, -0.15) is 0 Å². The van der Waals surface area contributed by atoms with Crippen LogP contribution in [0.4, 0.5) is 0 Å². The van der Waals surface area contributed by atoms with Crippen LogP contribution in [-0.2, 0) is 11.2 Å². The predicted octanol–water partition coefficient (Wildman–Crippen LogP) is 1.70. The Bertz CT molecular complexity index is 448. The molecule has 4 heteroatoms. The van der Waals surface area contributed by atoms with Crippen LogP contribution in [0.5, 0.6) is 5.75 Å². The number of benzene rings is 1. The van der Waals surface area contributed by atoms with Crippen molar-refractivity contribution in [1.29, 1.82) is 0 Å². The quantitative estimate of drug-likeness (QED) is 0.860. The average Bonchev–Trinajstić information content (AvgIpc) is 2.89. The van der Waals surface area contributed by atoms with Crippen LogP contribution in [0.3, 0.4) is 0 Å². The molecule has 20 heavy (non-hydrogen) atoms. The summed E-state index contributed by atoms with van der Waals surface area (Å²) in [6, 6.07) is 7.89. The highest BCUT2D eigenvalue weighted by Crippen LogP contribution is 2.14. The molecule has 0 saturated carbocycles. The van der Waals surface area contributed by atoms with Gasteiger partial charge in [0.25, 0.3) is 0 Å². The standard InChI is InChI=1S/C16H24N2O2/c1-18-9-8-14(12-18)11-17-16(19)7-6-13-4-3-5-15(10-13)20-2/h3-5,10,14H,6-9,11-12H2,1-2H3,(H,17,19). The molecule has 1 aromatic carbocycles. The molecule has 110 valence electrons. The van der Waals surface area contributed by atoms with Gasteiger partial charge in [0.15, 0.2) is 0 Å². The fourth-order valence-corrected chi connectivity index (χ4v) is 2.63. The molecule has 1 aliphatic heterocycles. The number of ether oxygens (including phenoxy) is 1. The molecule has 0 aliphatic carbocycles. The van der Waals surface area contributed by atoms with Gasteiger partial charge in [0.1, 0.15) is 5.75 Å². The van der Waals surface area contributed by atoms with E-state index in [1.54, 1.807) is 7.11 Å². The first-order valence-corrected chi connectivity index (χ1v) is 7.25. The topological polar surface area (TPSA) is 41.6 Å². The van der Waals surface area contributed by atoms with Crippen molar-refractivity contribution in [2.45, 2.75) is 19.3 Å². The van der Waals surface area contributed by atoms with Gasteiger partial charge in [0.2, 0.25) is 5.91 Å². The molecule has 2 rings (SSSR count). The smallest absolute Gasteiger partial charge is 0.220 e. The van der Waals surface area contributed by atoms with Crippen LogP contribution in [0, 0.1) is 5.92 Å². The van der Waals surface area contributed by atoms with Gasteiger partial charge >= 0.3 is 0 Å². The van der Waals surface area contributed by atoms with Gasteiger partial charge in [0, 0.05) is 19.5 Å². The second-order valence-corrected chi connectivity index (χ2v) is 5.57. The predicted molar refractivity (Wildman–Crippen MR) is 79.9 cm³/mol. The summed E-state index contributed by atoms with van der Waals surface area (Å²) in [6.07, 6.45) is 2.48. The summed E-state index contributed by atoms with van der Waals surface area (Å²) >= 11 is 0. The minimum absolute atomic E-state index is 0.141. The maximum absolute atomic E-state index is 11.9. The van der Waals surface area contributed by atoms with Crippen LogP contribution in [0.1, 0.15) is 18.4 Å².